The zero-order valence-corrected chi connectivity index (χ0v) is 12.4. The Bertz CT molecular complexity index is 383. The van der Waals surface area contributed by atoms with Crippen LogP contribution < -0.4 is 5.32 Å². The summed E-state index contributed by atoms with van der Waals surface area (Å²) in [6.07, 6.45) is 3.76. The van der Waals surface area contributed by atoms with E-state index in [2.05, 4.69) is 26.2 Å². The van der Waals surface area contributed by atoms with Crippen molar-refractivity contribution in [1.29, 1.82) is 0 Å². The summed E-state index contributed by atoms with van der Waals surface area (Å²) in [4.78, 5) is 15.7. The number of hydrogen-bond donors (Lipinski definition) is 1. The van der Waals surface area contributed by atoms with Crippen molar-refractivity contribution in [2.24, 2.45) is 0 Å². The van der Waals surface area contributed by atoms with Crippen molar-refractivity contribution in [1.82, 2.24) is 10.3 Å². The highest BCUT2D eigenvalue weighted by Crippen LogP contribution is 2.07. The van der Waals surface area contributed by atoms with Crippen molar-refractivity contribution in [2.75, 3.05) is 13.2 Å². The number of nitrogens with one attached hydrogen (secondary N) is 1. The second kappa shape index (κ2) is 8.21. The number of carbonyl (C=O) groups excluding carboxylic acids is 1. The third kappa shape index (κ3) is 6.12. The summed E-state index contributed by atoms with van der Waals surface area (Å²) in [5.41, 5.74) is 0.621. The van der Waals surface area contributed by atoms with Crippen LogP contribution in [0.3, 0.4) is 0 Å². The fourth-order valence-corrected chi connectivity index (χ4v) is 1.76. The molecule has 1 aromatic rings. The summed E-state index contributed by atoms with van der Waals surface area (Å²) in [5, 5.41) is 2.87. The number of amides is 1. The molecule has 0 aliphatic carbocycles. The number of hydrogen-bond acceptors (Lipinski definition) is 3. The molecule has 1 N–H and O–H groups in total. The molecule has 4 nitrogen and oxygen atoms in total. The van der Waals surface area contributed by atoms with Crippen LogP contribution in [-0.4, -0.2) is 30.1 Å². The molecule has 0 spiro atoms. The predicted octanol–water partition coefficient (Wildman–Crippen LogP) is 2.78. The molecule has 5 heteroatoms. The van der Waals surface area contributed by atoms with Gasteiger partial charge in [-0.2, -0.15) is 0 Å². The Morgan fingerprint density at radius 1 is 1.50 bits per heavy atom. The molecule has 0 saturated carbocycles. The summed E-state index contributed by atoms with van der Waals surface area (Å²) in [7, 11) is 0. The van der Waals surface area contributed by atoms with Gasteiger partial charge in [0.1, 0.15) is 4.60 Å². The molecule has 0 aliphatic heterocycles. The van der Waals surface area contributed by atoms with Crippen LogP contribution in [0.15, 0.2) is 22.9 Å². The minimum Gasteiger partial charge on any atom is -0.379 e. The van der Waals surface area contributed by atoms with Crippen LogP contribution in [0.5, 0.6) is 0 Å². The van der Waals surface area contributed by atoms with Crippen molar-refractivity contribution in [3.63, 3.8) is 0 Å². The topological polar surface area (TPSA) is 51.2 Å². The highest BCUT2D eigenvalue weighted by Gasteiger charge is 2.05. The zero-order chi connectivity index (χ0) is 13.4. The Labute approximate surface area is 116 Å². The monoisotopic (exact) mass is 314 g/mol. The standard InChI is InChI=1S/C13H19BrN2O2/c1-10(2)18-8-4-3-6-16-13(17)11-5-7-15-12(14)9-11/h5,7,9-10H,3-4,6,8H2,1-2H3,(H,16,17). The minimum atomic E-state index is -0.0668. The number of unbranched alkanes of at least 4 members (excludes halogenated alkanes) is 1. The lowest BCUT2D eigenvalue weighted by molar-refractivity contribution is 0.0754. The van der Waals surface area contributed by atoms with Crippen LogP contribution in [0.2, 0.25) is 0 Å². The number of carbonyl (C=O) groups is 1. The molecular formula is C13H19BrN2O2. The SMILES string of the molecule is CC(C)OCCCCNC(=O)c1ccnc(Br)c1. The number of nitrogens with zero attached hydrogens (tertiary/aromatic N) is 1. The first-order valence-electron chi connectivity index (χ1n) is 6.11. The smallest absolute Gasteiger partial charge is 0.251 e. The highest BCUT2D eigenvalue weighted by atomic mass is 79.9. The molecule has 0 aromatic carbocycles. The third-order valence-corrected chi connectivity index (χ3v) is 2.73. The third-order valence-electron chi connectivity index (χ3n) is 2.30. The van der Waals surface area contributed by atoms with Gasteiger partial charge in [-0.05, 0) is 54.8 Å². The molecule has 1 amide bonds. The molecule has 1 heterocycles. The average Bonchev–Trinajstić information content (AvgIpc) is 2.33. The molecule has 0 fully saturated rings. The van der Waals surface area contributed by atoms with Gasteiger partial charge in [0, 0.05) is 24.9 Å². The van der Waals surface area contributed by atoms with E-state index in [9.17, 15) is 4.79 Å². The lowest BCUT2D eigenvalue weighted by atomic mass is 10.2. The van der Waals surface area contributed by atoms with E-state index in [1.54, 1.807) is 18.3 Å². The van der Waals surface area contributed by atoms with Gasteiger partial charge in [0.2, 0.25) is 0 Å². The van der Waals surface area contributed by atoms with Crippen molar-refractivity contribution < 1.29 is 9.53 Å². The molecule has 1 rings (SSSR count). The van der Waals surface area contributed by atoms with E-state index < -0.39 is 0 Å². The lowest BCUT2D eigenvalue weighted by Crippen LogP contribution is -2.24. The van der Waals surface area contributed by atoms with Gasteiger partial charge in [0.05, 0.1) is 6.10 Å². The molecule has 0 aliphatic rings. The zero-order valence-electron chi connectivity index (χ0n) is 10.8. The van der Waals surface area contributed by atoms with E-state index in [4.69, 9.17) is 4.74 Å². The molecule has 1 aromatic heterocycles. The Kier molecular flexibility index (Phi) is 6.90. The number of aromatic nitrogens is 1. The molecule has 0 bridgehead atoms. The van der Waals surface area contributed by atoms with Crippen molar-refractivity contribution >= 4 is 21.8 Å². The summed E-state index contributed by atoms with van der Waals surface area (Å²) < 4.78 is 6.09. The largest absolute Gasteiger partial charge is 0.379 e. The quantitative estimate of drug-likeness (QED) is 0.622. The molecule has 0 atom stereocenters. The van der Waals surface area contributed by atoms with Gasteiger partial charge in [-0.25, -0.2) is 4.98 Å². The molecule has 0 saturated heterocycles. The van der Waals surface area contributed by atoms with Crippen LogP contribution in [0.25, 0.3) is 0 Å². The number of halogens is 1. The van der Waals surface area contributed by atoms with Crippen molar-refractivity contribution in [2.45, 2.75) is 32.8 Å². The normalized spacial score (nSPS) is 10.7. The first kappa shape index (κ1) is 15.1. The van der Waals surface area contributed by atoms with Gasteiger partial charge in [0.25, 0.3) is 5.91 Å². The van der Waals surface area contributed by atoms with E-state index in [0.717, 1.165) is 19.4 Å². The van der Waals surface area contributed by atoms with Gasteiger partial charge in [-0.3, -0.25) is 4.79 Å². The molecular weight excluding hydrogens is 296 g/mol. The summed E-state index contributed by atoms with van der Waals surface area (Å²) >= 11 is 3.24. The van der Waals surface area contributed by atoms with E-state index in [1.807, 2.05) is 13.8 Å². The molecule has 100 valence electrons. The lowest BCUT2D eigenvalue weighted by Gasteiger charge is -2.08. The number of ether oxygens (including phenoxy) is 1. The fourth-order valence-electron chi connectivity index (χ4n) is 1.39. The minimum absolute atomic E-state index is 0.0668. The maximum atomic E-state index is 11.7. The summed E-state index contributed by atoms with van der Waals surface area (Å²) in [5.74, 6) is -0.0668. The van der Waals surface area contributed by atoms with Gasteiger partial charge >= 0.3 is 0 Å². The Morgan fingerprint density at radius 2 is 2.28 bits per heavy atom. The van der Waals surface area contributed by atoms with Crippen molar-refractivity contribution in [3.05, 3.63) is 28.5 Å². The maximum absolute atomic E-state index is 11.7. The van der Waals surface area contributed by atoms with Gasteiger partial charge in [-0.1, -0.05) is 0 Å². The molecule has 0 unspecified atom stereocenters. The highest BCUT2D eigenvalue weighted by molar-refractivity contribution is 9.10. The Balaban J connectivity index is 2.18. The van der Waals surface area contributed by atoms with Crippen LogP contribution >= 0.6 is 15.9 Å². The molecule has 18 heavy (non-hydrogen) atoms. The second-order valence-corrected chi connectivity index (χ2v) is 5.06. The van der Waals surface area contributed by atoms with E-state index in [1.165, 1.54) is 0 Å². The van der Waals surface area contributed by atoms with Gasteiger partial charge < -0.3 is 10.1 Å². The van der Waals surface area contributed by atoms with Crippen molar-refractivity contribution in [3.8, 4) is 0 Å². The van der Waals surface area contributed by atoms with E-state index in [-0.39, 0.29) is 12.0 Å². The van der Waals surface area contributed by atoms with Gasteiger partial charge in [0.15, 0.2) is 0 Å². The first-order chi connectivity index (χ1) is 8.59. The van der Waals surface area contributed by atoms with Crippen LogP contribution in [-0.2, 0) is 4.74 Å². The second-order valence-electron chi connectivity index (χ2n) is 4.25. The first-order valence-corrected chi connectivity index (χ1v) is 6.90. The molecule has 0 radical (unpaired) electrons. The summed E-state index contributed by atoms with van der Waals surface area (Å²) in [6, 6.07) is 3.40. The van der Waals surface area contributed by atoms with E-state index in [0.29, 0.717) is 16.7 Å². The average molecular weight is 315 g/mol. The Hall–Kier alpha value is -0.940. The van der Waals surface area contributed by atoms with Crippen LogP contribution in [0, 0.1) is 0 Å². The maximum Gasteiger partial charge on any atom is 0.251 e. The summed E-state index contributed by atoms with van der Waals surface area (Å²) in [6.45, 7) is 5.45. The van der Waals surface area contributed by atoms with Gasteiger partial charge in [-0.15, -0.1) is 0 Å². The van der Waals surface area contributed by atoms with Crippen LogP contribution in [0.4, 0.5) is 0 Å². The number of rotatable bonds is 7. The Morgan fingerprint density at radius 3 is 2.94 bits per heavy atom. The predicted molar refractivity (Wildman–Crippen MR) is 74.6 cm³/mol. The van der Waals surface area contributed by atoms with E-state index >= 15 is 0 Å². The fraction of sp³-hybridized carbons (Fsp3) is 0.538. The van der Waals surface area contributed by atoms with Crippen LogP contribution in [0.1, 0.15) is 37.0 Å². The number of pyridine rings is 1.